The Bertz CT molecular complexity index is 213. The van der Waals surface area contributed by atoms with Crippen molar-refractivity contribution in [1.29, 1.82) is 0 Å². The van der Waals surface area contributed by atoms with Gasteiger partial charge in [-0.3, -0.25) is 4.98 Å². The Kier molecular flexibility index (Phi) is 6.55. The maximum Gasteiger partial charge on any atom is 0.0541 e. The van der Waals surface area contributed by atoms with Gasteiger partial charge in [-0.2, -0.15) is 0 Å². The zero-order valence-corrected chi connectivity index (χ0v) is 8.88. The zero-order valence-electron chi connectivity index (χ0n) is 8.13. The van der Waals surface area contributed by atoms with Crippen LogP contribution in [0.3, 0.4) is 0 Å². The van der Waals surface area contributed by atoms with E-state index in [1.165, 1.54) is 0 Å². The van der Waals surface area contributed by atoms with Gasteiger partial charge in [-0.1, -0.05) is 13.0 Å². The van der Waals surface area contributed by atoms with Crippen molar-refractivity contribution in [3.63, 3.8) is 0 Å². The van der Waals surface area contributed by atoms with Crippen molar-refractivity contribution in [2.45, 2.75) is 32.9 Å². The summed E-state index contributed by atoms with van der Waals surface area (Å²) in [5.41, 5.74) is 1.11. The Labute approximate surface area is 86.2 Å². The summed E-state index contributed by atoms with van der Waals surface area (Å²) >= 11 is 0. The van der Waals surface area contributed by atoms with E-state index in [1.807, 2.05) is 24.4 Å². The summed E-state index contributed by atoms with van der Waals surface area (Å²) in [5, 5.41) is 3.39. The molecule has 0 saturated carbocycles. The summed E-state index contributed by atoms with van der Waals surface area (Å²) in [7, 11) is 0. The van der Waals surface area contributed by atoms with Gasteiger partial charge in [0.25, 0.3) is 0 Å². The van der Waals surface area contributed by atoms with Crippen LogP contribution in [-0.4, -0.2) is 11.0 Å². The van der Waals surface area contributed by atoms with Gasteiger partial charge < -0.3 is 17.7 Å². The third-order valence-corrected chi connectivity index (χ3v) is 1.97. The second-order valence-electron chi connectivity index (χ2n) is 3.01. The average molecular weight is 200 g/mol. The van der Waals surface area contributed by atoms with E-state index in [4.69, 9.17) is 0 Å². The van der Waals surface area contributed by atoms with Crippen molar-refractivity contribution >= 4 is 0 Å². The number of nitrogens with zero attached hydrogens (tertiary/aromatic N) is 1. The summed E-state index contributed by atoms with van der Waals surface area (Å²) in [6, 6.07) is 6.56. The van der Waals surface area contributed by atoms with E-state index in [0.29, 0.717) is 6.04 Å². The third kappa shape index (κ3) is 4.86. The highest BCUT2D eigenvalue weighted by molar-refractivity contribution is 5.02. The van der Waals surface area contributed by atoms with Crippen LogP contribution < -0.4 is 17.7 Å². The SMILES string of the molecule is CCC(C)NCc1ccccn1.[Cl-]. The molecule has 1 N–H and O–H groups in total. The lowest BCUT2D eigenvalue weighted by atomic mass is 10.2. The van der Waals surface area contributed by atoms with E-state index in [0.717, 1.165) is 18.7 Å². The molecular weight excluding hydrogens is 184 g/mol. The normalized spacial score (nSPS) is 11.8. The quantitative estimate of drug-likeness (QED) is 0.671. The standard InChI is InChI=1S/C10H16N2.ClH/c1-3-9(2)12-8-10-6-4-5-7-11-10;/h4-7,9,12H,3,8H2,1-2H3;1H/p-1. The van der Waals surface area contributed by atoms with Crippen LogP contribution in [0.2, 0.25) is 0 Å². The van der Waals surface area contributed by atoms with Gasteiger partial charge in [0.15, 0.2) is 0 Å². The Morgan fingerprint density at radius 2 is 2.23 bits per heavy atom. The molecule has 1 aromatic heterocycles. The van der Waals surface area contributed by atoms with Crippen LogP contribution in [0.15, 0.2) is 24.4 Å². The molecule has 13 heavy (non-hydrogen) atoms. The molecule has 2 nitrogen and oxygen atoms in total. The fourth-order valence-corrected chi connectivity index (χ4v) is 0.926. The first-order valence-corrected chi connectivity index (χ1v) is 4.46. The van der Waals surface area contributed by atoms with Crippen LogP contribution >= 0.6 is 0 Å². The van der Waals surface area contributed by atoms with Crippen molar-refractivity contribution in [3.8, 4) is 0 Å². The van der Waals surface area contributed by atoms with Crippen LogP contribution in [0, 0.1) is 0 Å². The van der Waals surface area contributed by atoms with Crippen LogP contribution in [0.1, 0.15) is 26.0 Å². The maximum absolute atomic E-state index is 4.22. The lowest BCUT2D eigenvalue weighted by molar-refractivity contribution is -0.00000279. The van der Waals surface area contributed by atoms with Gasteiger partial charge >= 0.3 is 0 Å². The summed E-state index contributed by atoms with van der Waals surface area (Å²) in [6.07, 6.45) is 2.99. The molecule has 3 heteroatoms. The minimum Gasteiger partial charge on any atom is -1.00 e. The number of rotatable bonds is 4. The van der Waals surface area contributed by atoms with Crippen molar-refractivity contribution in [1.82, 2.24) is 10.3 Å². The van der Waals surface area contributed by atoms with Crippen LogP contribution in [0.5, 0.6) is 0 Å². The minimum absolute atomic E-state index is 0. The van der Waals surface area contributed by atoms with Crippen molar-refractivity contribution in [3.05, 3.63) is 30.1 Å². The van der Waals surface area contributed by atoms with Crippen LogP contribution in [0.4, 0.5) is 0 Å². The molecule has 0 fully saturated rings. The number of hydrogen-bond donors (Lipinski definition) is 1. The smallest absolute Gasteiger partial charge is 0.0541 e. The van der Waals surface area contributed by atoms with Crippen molar-refractivity contribution < 1.29 is 12.4 Å². The van der Waals surface area contributed by atoms with E-state index in [-0.39, 0.29) is 12.4 Å². The molecule has 0 aliphatic rings. The number of nitrogens with one attached hydrogen (secondary N) is 1. The third-order valence-electron chi connectivity index (χ3n) is 1.97. The molecule has 0 aliphatic carbocycles. The molecule has 0 saturated heterocycles. The van der Waals surface area contributed by atoms with E-state index < -0.39 is 0 Å². The van der Waals surface area contributed by atoms with E-state index >= 15 is 0 Å². The van der Waals surface area contributed by atoms with Gasteiger partial charge in [0, 0.05) is 18.8 Å². The molecule has 0 amide bonds. The Hall–Kier alpha value is -0.600. The first-order chi connectivity index (χ1) is 5.83. The summed E-state index contributed by atoms with van der Waals surface area (Å²) in [6.45, 7) is 5.23. The monoisotopic (exact) mass is 199 g/mol. The predicted molar refractivity (Wildman–Crippen MR) is 50.8 cm³/mol. The fraction of sp³-hybridized carbons (Fsp3) is 0.500. The lowest BCUT2D eigenvalue weighted by Crippen LogP contribution is -3.00. The molecule has 1 unspecified atom stereocenters. The largest absolute Gasteiger partial charge is 1.00 e. The fourth-order valence-electron chi connectivity index (χ4n) is 0.926. The highest BCUT2D eigenvalue weighted by atomic mass is 35.5. The number of aromatic nitrogens is 1. The summed E-state index contributed by atoms with van der Waals surface area (Å²) in [5.74, 6) is 0. The first kappa shape index (κ1) is 12.4. The summed E-state index contributed by atoms with van der Waals surface area (Å²) in [4.78, 5) is 4.22. The first-order valence-electron chi connectivity index (χ1n) is 4.46. The minimum atomic E-state index is 0. The molecule has 1 heterocycles. The molecule has 1 atom stereocenters. The van der Waals surface area contributed by atoms with Gasteiger partial charge in [0.2, 0.25) is 0 Å². The molecular formula is C10H16ClN2-. The zero-order chi connectivity index (χ0) is 8.81. The lowest BCUT2D eigenvalue weighted by Gasteiger charge is -2.09. The predicted octanol–water partition coefficient (Wildman–Crippen LogP) is -1.03. The van der Waals surface area contributed by atoms with E-state index in [1.54, 1.807) is 0 Å². The number of pyridine rings is 1. The summed E-state index contributed by atoms with van der Waals surface area (Å²) < 4.78 is 0. The average Bonchev–Trinajstić information content (AvgIpc) is 2.16. The highest BCUT2D eigenvalue weighted by Gasteiger charge is 1.97. The molecule has 0 aromatic carbocycles. The van der Waals surface area contributed by atoms with Crippen molar-refractivity contribution in [2.24, 2.45) is 0 Å². The van der Waals surface area contributed by atoms with Gasteiger partial charge in [0.05, 0.1) is 5.69 Å². The van der Waals surface area contributed by atoms with E-state index in [9.17, 15) is 0 Å². The van der Waals surface area contributed by atoms with E-state index in [2.05, 4.69) is 24.1 Å². The highest BCUT2D eigenvalue weighted by Crippen LogP contribution is 1.94. The molecule has 0 radical (unpaired) electrons. The Morgan fingerprint density at radius 3 is 2.77 bits per heavy atom. The second kappa shape index (κ2) is 6.87. The maximum atomic E-state index is 4.22. The van der Waals surface area contributed by atoms with Gasteiger partial charge in [-0.05, 0) is 25.5 Å². The molecule has 1 rings (SSSR count). The molecule has 74 valence electrons. The number of halogens is 1. The Balaban J connectivity index is 0.00000144. The van der Waals surface area contributed by atoms with Crippen molar-refractivity contribution in [2.75, 3.05) is 0 Å². The van der Waals surface area contributed by atoms with Gasteiger partial charge in [0.1, 0.15) is 0 Å². The molecule has 0 aliphatic heterocycles. The molecule has 0 spiro atoms. The topological polar surface area (TPSA) is 24.9 Å². The Morgan fingerprint density at radius 1 is 1.46 bits per heavy atom. The van der Waals surface area contributed by atoms with Gasteiger partial charge in [-0.25, -0.2) is 0 Å². The number of hydrogen-bond acceptors (Lipinski definition) is 2. The molecule has 1 aromatic rings. The molecule has 0 bridgehead atoms. The van der Waals surface area contributed by atoms with Gasteiger partial charge in [-0.15, -0.1) is 0 Å². The van der Waals surface area contributed by atoms with Crippen LogP contribution in [0.25, 0.3) is 0 Å². The van der Waals surface area contributed by atoms with Crippen LogP contribution in [-0.2, 0) is 6.54 Å². The second-order valence-corrected chi connectivity index (χ2v) is 3.01.